The van der Waals surface area contributed by atoms with E-state index >= 15 is 0 Å². The Morgan fingerprint density at radius 2 is 2.33 bits per heavy atom. The first-order valence-corrected chi connectivity index (χ1v) is 7.09. The zero-order chi connectivity index (χ0) is 14.8. The monoisotopic (exact) mass is 285 g/mol. The van der Waals surface area contributed by atoms with Crippen molar-refractivity contribution in [3.63, 3.8) is 0 Å². The first kappa shape index (κ1) is 13.9. The molecule has 1 unspecified atom stereocenters. The van der Waals surface area contributed by atoms with Crippen LogP contribution in [0.4, 0.5) is 0 Å². The zero-order valence-corrected chi connectivity index (χ0v) is 12.0. The van der Waals surface area contributed by atoms with E-state index in [1.807, 2.05) is 30.5 Å². The van der Waals surface area contributed by atoms with Crippen LogP contribution in [0.5, 0.6) is 11.5 Å². The third-order valence-corrected chi connectivity index (χ3v) is 3.90. The van der Waals surface area contributed by atoms with Crippen molar-refractivity contribution in [1.82, 2.24) is 0 Å². The minimum atomic E-state index is -0.440. The molecule has 1 aliphatic carbocycles. The van der Waals surface area contributed by atoms with Gasteiger partial charge in [-0.05, 0) is 12.1 Å². The van der Waals surface area contributed by atoms with Gasteiger partial charge in [-0.2, -0.15) is 0 Å². The molecule has 1 heterocycles. The number of nitrogens with zero attached hydrogens (tertiary/aromatic N) is 1. The molecule has 3 rings (SSSR count). The van der Waals surface area contributed by atoms with Crippen LogP contribution in [-0.2, 0) is 0 Å². The van der Waals surface area contributed by atoms with E-state index in [0.717, 1.165) is 22.6 Å². The van der Waals surface area contributed by atoms with E-state index in [9.17, 15) is 5.11 Å². The van der Waals surface area contributed by atoms with Crippen molar-refractivity contribution >= 4 is 6.21 Å². The first-order chi connectivity index (χ1) is 10.2. The molecule has 0 amide bonds. The SMILES string of the molecule is C=CCN=Cc1ccc(OC)c2c1C1C=C[C@H](O)C[C@@H]1O2. The van der Waals surface area contributed by atoms with Gasteiger partial charge in [-0.1, -0.05) is 18.2 Å². The molecule has 0 saturated carbocycles. The van der Waals surface area contributed by atoms with Crippen LogP contribution < -0.4 is 9.47 Å². The minimum absolute atomic E-state index is 0.0390. The molecule has 4 nitrogen and oxygen atoms in total. The van der Waals surface area contributed by atoms with Gasteiger partial charge in [-0.15, -0.1) is 6.58 Å². The summed E-state index contributed by atoms with van der Waals surface area (Å²) in [6, 6.07) is 3.89. The van der Waals surface area contributed by atoms with Crippen LogP contribution in [0.1, 0.15) is 23.5 Å². The number of aliphatic hydroxyl groups excluding tert-OH is 1. The molecule has 0 saturated heterocycles. The summed E-state index contributed by atoms with van der Waals surface area (Å²) < 4.78 is 11.4. The van der Waals surface area contributed by atoms with Crippen molar-refractivity contribution < 1.29 is 14.6 Å². The lowest BCUT2D eigenvalue weighted by molar-refractivity contribution is 0.117. The summed E-state index contributed by atoms with van der Waals surface area (Å²) in [5, 5.41) is 9.77. The van der Waals surface area contributed by atoms with Gasteiger partial charge in [0.2, 0.25) is 0 Å². The summed E-state index contributed by atoms with van der Waals surface area (Å²) in [5.41, 5.74) is 2.12. The first-order valence-electron chi connectivity index (χ1n) is 7.09. The standard InChI is InChI=1S/C17H19NO3/c1-3-8-18-10-11-4-7-14(20-2)17-16(11)13-6-5-12(19)9-15(13)21-17/h3-7,10,12-13,15,19H,1,8-9H2,2H3/t12-,13?,15-/m0/s1. The lowest BCUT2D eigenvalue weighted by Gasteiger charge is -2.23. The maximum atomic E-state index is 9.77. The van der Waals surface area contributed by atoms with Gasteiger partial charge in [0.15, 0.2) is 11.5 Å². The maximum absolute atomic E-state index is 9.77. The van der Waals surface area contributed by atoms with Crippen molar-refractivity contribution in [2.75, 3.05) is 13.7 Å². The molecule has 110 valence electrons. The second kappa shape index (κ2) is 5.74. The molecule has 1 aliphatic heterocycles. The van der Waals surface area contributed by atoms with Crippen LogP contribution in [0.15, 0.2) is 41.9 Å². The highest BCUT2D eigenvalue weighted by Crippen LogP contribution is 2.48. The predicted octanol–water partition coefficient (Wildman–Crippen LogP) is 2.47. The Bertz CT molecular complexity index is 606. The predicted molar refractivity (Wildman–Crippen MR) is 82.6 cm³/mol. The smallest absolute Gasteiger partial charge is 0.166 e. The van der Waals surface area contributed by atoms with Gasteiger partial charge in [0.25, 0.3) is 0 Å². The summed E-state index contributed by atoms with van der Waals surface area (Å²) >= 11 is 0. The number of aliphatic hydroxyl groups is 1. The molecule has 4 heteroatoms. The largest absolute Gasteiger partial charge is 0.493 e. The number of ether oxygens (including phenoxy) is 2. The zero-order valence-electron chi connectivity index (χ0n) is 12.0. The molecule has 1 aromatic rings. The third-order valence-electron chi connectivity index (χ3n) is 3.90. The van der Waals surface area contributed by atoms with Gasteiger partial charge < -0.3 is 14.6 Å². The molecule has 3 atom stereocenters. The molecule has 0 radical (unpaired) electrons. The molecule has 1 N–H and O–H groups in total. The number of fused-ring (bicyclic) bond motifs is 3. The number of benzene rings is 1. The van der Waals surface area contributed by atoms with Gasteiger partial charge in [0.1, 0.15) is 6.10 Å². The van der Waals surface area contributed by atoms with Crippen molar-refractivity contribution in [2.45, 2.75) is 24.5 Å². The van der Waals surface area contributed by atoms with Gasteiger partial charge in [0, 0.05) is 29.7 Å². The molecule has 0 fully saturated rings. The van der Waals surface area contributed by atoms with E-state index in [1.165, 1.54) is 0 Å². The van der Waals surface area contributed by atoms with Crippen molar-refractivity contribution in [2.24, 2.45) is 4.99 Å². The Balaban J connectivity index is 2.04. The van der Waals surface area contributed by atoms with Crippen LogP contribution in [0.3, 0.4) is 0 Å². The Kier molecular flexibility index (Phi) is 3.80. The number of methoxy groups -OCH3 is 1. The topological polar surface area (TPSA) is 51.0 Å². The Labute approximate surface area is 124 Å². The second-order valence-corrected chi connectivity index (χ2v) is 5.25. The fraction of sp³-hybridized carbons (Fsp3) is 0.353. The molecule has 0 spiro atoms. The van der Waals surface area contributed by atoms with Crippen LogP contribution in [-0.4, -0.2) is 37.2 Å². The average molecular weight is 285 g/mol. The maximum Gasteiger partial charge on any atom is 0.166 e. The molecular formula is C17H19NO3. The average Bonchev–Trinajstić information content (AvgIpc) is 2.86. The Morgan fingerprint density at radius 1 is 1.48 bits per heavy atom. The van der Waals surface area contributed by atoms with E-state index in [2.05, 4.69) is 11.6 Å². The normalized spacial score (nSPS) is 26.3. The number of rotatable bonds is 4. The molecule has 1 aromatic carbocycles. The summed E-state index contributed by atoms with van der Waals surface area (Å²) in [6.45, 7) is 4.26. The fourth-order valence-corrected chi connectivity index (χ4v) is 2.95. The quantitative estimate of drug-likeness (QED) is 0.683. The summed E-state index contributed by atoms with van der Waals surface area (Å²) in [6.07, 6.45) is 7.59. The molecule has 0 bridgehead atoms. The van der Waals surface area contributed by atoms with E-state index in [-0.39, 0.29) is 12.0 Å². The van der Waals surface area contributed by atoms with Crippen LogP contribution in [0.2, 0.25) is 0 Å². The van der Waals surface area contributed by atoms with Crippen LogP contribution in [0.25, 0.3) is 0 Å². The van der Waals surface area contributed by atoms with Gasteiger partial charge >= 0.3 is 0 Å². The number of hydrogen-bond acceptors (Lipinski definition) is 4. The second-order valence-electron chi connectivity index (χ2n) is 5.25. The summed E-state index contributed by atoms with van der Waals surface area (Å²) in [5.74, 6) is 1.64. The molecule has 2 aliphatic rings. The van der Waals surface area contributed by atoms with Crippen LogP contribution in [0, 0.1) is 0 Å². The minimum Gasteiger partial charge on any atom is -0.493 e. The lowest BCUT2D eigenvalue weighted by Crippen LogP contribution is -2.27. The molecule has 21 heavy (non-hydrogen) atoms. The molecule has 0 aromatic heterocycles. The van der Waals surface area contributed by atoms with E-state index < -0.39 is 6.10 Å². The van der Waals surface area contributed by atoms with E-state index in [1.54, 1.807) is 13.2 Å². The van der Waals surface area contributed by atoms with Crippen molar-refractivity contribution in [3.8, 4) is 11.5 Å². The van der Waals surface area contributed by atoms with Gasteiger partial charge in [-0.3, -0.25) is 4.99 Å². The van der Waals surface area contributed by atoms with Crippen LogP contribution >= 0.6 is 0 Å². The Morgan fingerprint density at radius 3 is 3.10 bits per heavy atom. The Hall–Kier alpha value is -2.07. The van der Waals surface area contributed by atoms with E-state index in [4.69, 9.17) is 9.47 Å². The van der Waals surface area contributed by atoms with Gasteiger partial charge in [0.05, 0.1) is 19.8 Å². The van der Waals surface area contributed by atoms with Gasteiger partial charge in [-0.25, -0.2) is 0 Å². The van der Waals surface area contributed by atoms with Crippen molar-refractivity contribution in [3.05, 3.63) is 48.1 Å². The number of aliphatic imine (C=N–C) groups is 1. The highest BCUT2D eigenvalue weighted by atomic mass is 16.5. The number of hydrogen-bond donors (Lipinski definition) is 1. The summed E-state index contributed by atoms with van der Waals surface area (Å²) in [4.78, 5) is 4.33. The summed E-state index contributed by atoms with van der Waals surface area (Å²) in [7, 11) is 1.64. The van der Waals surface area contributed by atoms with Crippen molar-refractivity contribution in [1.29, 1.82) is 0 Å². The fourth-order valence-electron chi connectivity index (χ4n) is 2.95. The lowest BCUT2D eigenvalue weighted by atomic mass is 9.85. The molecular weight excluding hydrogens is 266 g/mol. The highest BCUT2D eigenvalue weighted by Gasteiger charge is 2.39. The van der Waals surface area contributed by atoms with E-state index in [0.29, 0.717) is 13.0 Å². The highest BCUT2D eigenvalue weighted by molar-refractivity contribution is 5.85. The third kappa shape index (κ3) is 2.47.